The summed E-state index contributed by atoms with van der Waals surface area (Å²) in [5, 5.41) is 10.8. The van der Waals surface area contributed by atoms with Gasteiger partial charge in [0.1, 0.15) is 13.2 Å². The highest BCUT2D eigenvalue weighted by molar-refractivity contribution is 5.69. The van der Waals surface area contributed by atoms with Crippen molar-refractivity contribution in [3.63, 3.8) is 0 Å². The van der Waals surface area contributed by atoms with Crippen molar-refractivity contribution < 1.29 is 19.2 Å². The molecule has 0 aliphatic carbocycles. The molecule has 0 unspecified atom stereocenters. The van der Waals surface area contributed by atoms with E-state index in [-0.39, 0.29) is 31.1 Å². The van der Waals surface area contributed by atoms with Crippen LogP contribution >= 0.6 is 0 Å². The van der Waals surface area contributed by atoms with Gasteiger partial charge in [0, 0.05) is 18.7 Å². The van der Waals surface area contributed by atoms with E-state index in [1.54, 1.807) is 0 Å². The van der Waals surface area contributed by atoms with Crippen molar-refractivity contribution in [1.29, 1.82) is 0 Å². The van der Waals surface area contributed by atoms with Crippen LogP contribution in [0.3, 0.4) is 0 Å². The Morgan fingerprint density at radius 1 is 1.33 bits per heavy atom. The highest BCUT2D eigenvalue weighted by Gasteiger charge is 2.17. The zero-order chi connectivity index (χ0) is 15.8. The lowest BCUT2D eigenvalue weighted by Gasteiger charge is -2.10. The molecule has 1 aromatic rings. The molecule has 116 valence electrons. The molecular weight excluding hydrogens is 280 g/mol. The quantitative estimate of drug-likeness (QED) is 0.307. The predicted molar refractivity (Wildman–Crippen MR) is 74.2 cm³/mol. The first-order valence-electron chi connectivity index (χ1n) is 6.55. The monoisotopic (exact) mass is 298 g/mol. The van der Waals surface area contributed by atoms with Gasteiger partial charge in [0.15, 0.2) is 0 Å². The molecule has 0 bridgehead atoms. The van der Waals surface area contributed by atoms with Crippen molar-refractivity contribution in [2.24, 2.45) is 0 Å². The number of hydrogen-bond acceptors (Lipinski definition) is 6. The maximum absolute atomic E-state index is 11.7. The van der Waals surface area contributed by atoms with Crippen LogP contribution in [0.15, 0.2) is 16.9 Å². The van der Waals surface area contributed by atoms with Crippen LogP contribution in [0.1, 0.15) is 19.0 Å². The Bertz CT molecular complexity index is 566. The second-order valence-electron chi connectivity index (χ2n) is 4.32. The number of nitrogens with zero attached hydrogens (tertiary/aromatic N) is 2. The molecule has 0 saturated carbocycles. The van der Waals surface area contributed by atoms with Crippen molar-refractivity contribution >= 4 is 11.7 Å². The number of carbonyl (C=O) groups excluding carboxylic acids is 1. The van der Waals surface area contributed by atoms with Gasteiger partial charge in [0.2, 0.25) is 0 Å². The fourth-order valence-corrected chi connectivity index (χ4v) is 1.69. The second kappa shape index (κ2) is 8.15. The number of ether oxygens (including phenoxy) is 2. The van der Waals surface area contributed by atoms with Crippen molar-refractivity contribution in [3.05, 3.63) is 38.3 Å². The summed E-state index contributed by atoms with van der Waals surface area (Å²) >= 11 is 0. The van der Waals surface area contributed by atoms with Gasteiger partial charge in [-0.1, -0.05) is 6.92 Å². The molecule has 0 fully saturated rings. The predicted octanol–water partition coefficient (Wildman–Crippen LogP) is 1.03. The van der Waals surface area contributed by atoms with Crippen LogP contribution in [-0.4, -0.2) is 35.3 Å². The molecule has 1 aromatic heterocycles. The summed E-state index contributed by atoms with van der Waals surface area (Å²) in [6.45, 7) is 3.96. The van der Waals surface area contributed by atoms with Gasteiger partial charge in [0.05, 0.1) is 17.2 Å². The molecule has 0 spiro atoms. The Morgan fingerprint density at radius 3 is 2.67 bits per heavy atom. The topological polar surface area (TPSA) is 101 Å². The fraction of sp³-hybridized carbons (Fsp3) is 0.538. The van der Waals surface area contributed by atoms with Crippen LogP contribution in [-0.2, 0) is 20.8 Å². The van der Waals surface area contributed by atoms with E-state index >= 15 is 0 Å². The van der Waals surface area contributed by atoms with Crippen LogP contribution < -0.4 is 5.56 Å². The minimum absolute atomic E-state index is 0.0849. The van der Waals surface area contributed by atoms with E-state index in [0.29, 0.717) is 6.61 Å². The van der Waals surface area contributed by atoms with Crippen molar-refractivity contribution in [2.75, 3.05) is 19.8 Å². The molecule has 0 radical (unpaired) electrons. The van der Waals surface area contributed by atoms with Gasteiger partial charge in [0.25, 0.3) is 11.2 Å². The van der Waals surface area contributed by atoms with Crippen molar-refractivity contribution in [2.45, 2.75) is 26.8 Å². The molecule has 21 heavy (non-hydrogen) atoms. The molecule has 0 atom stereocenters. The van der Waals surface area contributed by atoms with Gasteiger partial charge >= 0.3 is 5.97 Å². The Kier molecular flexibility index (Phi) is 6.54. The molecule has 1 rings (SSSR count). The summed E-state index contributed by atoms with van der Waals surface area (Å²) in [6.07, 6.45) is 0.871. The van der Waals surface area contributed by atoms with E-state index in [9.17, 15) is 19.7 Å². The maximum atomic E-state index is 11.7. The second-order valence-corrected chi connectivity index (χ2v) is 4.32. The SMILES string of the molecule is CCCOCCOC(=O)Cn1c(C)c([N+](=O)[O-])ccc1=O. The zero-order valence-electron chi connectivity index (χ0n) is 12.0. The van der Waals surface area contributed by atoms with Crippen LogP contribution in [0, 0.1) is 17.0 Å². The van der Waals surface area contributed by atoms with Crippen molar-refractivity contribution in [1.82, 2.24) is 4.57 Å². The standard InChI is InChI=1S/C13H18N2O6/c1-3-6-20-7-8-21-13(17)9-14-10(2)11(15(18)19)4-5-12(14)16/h4-5H,3,6-9H2,1-2H3. The lowest BCUT2D eigenvalue weighted by atomic mass is 10.3. The Hall–Kier alpha value is -2.22. The lowest BCUT2D eigenvalue weighted by Crippen LogP contribution is -2.27. The van der Waals surface area contributed by atoms with E-state index in [4.69, 9.17) is 9.47 Å². The highest BCUT2D eigenvalue weighted by Crippen LogP contribution is 2.14. The Labute approximate surface area is 121 Å². The molecule has 0 aromatic carbocycles. The number of aromatic nitrogens is 1. The fourth-order valence-electron chi connectivity index (χ4n) is 1.69. The molecular formula is C13H18N2O6. The first-order valence-corrected chi connectivity index (χ1v) is 6.55. The number of carbonyl (C=O) groups is 1. The van der Waals surface area contributed by atoms with Crippen molar-refractivity contribution in [3.8, 4) is 0 Å². The van der Waals surface area contributed by atoms with E-state index in [0.717, 1.165) is 23.1 Å². The number of nitro groups is 1. The molecule has 0 amide bonds. The summed E-state index contributed by atoms with van der Waals surface area (Å²) in [6, 6.07) is 2.18. The summed E-state index contributed by atoms with van der Waals surface area (Å²) in [5.74, 6) is -0.638. The van der Waals surface area contributed by atoms with E-state index in [1.165, 1.54) is 6.92 Å². The van der Waals surface area contributed by atoms with Crippen LogP contribution in [0.5, 0.6) is 0 Å². The van der Waals surface area contributed by atoms with Gasteiger partial charge in [-0.15, -0.1) is 0 Å². The minimum atomic E-state index is -0.638. The molecule has 1 heterocycles. The first-order chi connectivity index (χ1) is 9.97. The third kappa shape index (κ3) is 4.99. The van der Waals surface area contributed by atoms with Crippen LogP contribution in [0.25, 0.3) is 0 Å². The molecule has 0 aliphatic heterocycles. The third-order valence-electron chi connectivity index (χ3n) is 2.75. The lowest BCUT2D eigenvalue weighted by molar-refractivity contribution is -0.386. The number of hydrogen-bond donors (Lipinski definition) is 0. The van der Waals surface area contributed by atoms with Gasteiger partial charge in [-0.25, -0.2) is 0 Å². The number of rotatable bonds is 8. The molecule has 0 N–H and O–H groups in total. The summed E-state index contributed by atoms with van der Waals surface area (Å²) in [7, 11) is 0. The summed E-state index contributed by atoms with van der Waals surface area (Å²) < 4.78 is 11.1. The molecule has 8 nitrogen and oxygen atoms in total. The van der Waals surface area contributed by atoms with E-state index in [2.05, 4.69) is 0 Å². The number of esters is 1. The van der Waals surface area contributed by atoms with Gasteiger partial charge in [-0.2, -0.15) is 0 Å². The van der Waals surface area contributed by atoms with Gasteiger partial charge in [-0.3, -0.25) is 24.3 Å². The molecule has 0 saturated heterocycles. The van der Waals surface area contributed by atoms with Gasteiger partial charge < -0.3 is 9.47 Å². The third-order valence-corrected chi connectivity index (χ3v) is 2.75. The molecule has 0 aliphatic rings. The average molecular weight is 298 g/mol. The Morgan fingerprint density at radius 2 is 2.05 bits per heavy atom. The zero-order valence-corrected chi connectivity index (χ0v) is 12.0. The normalized spacial score (nSPS) is 10.4. The largest absolute Gasteiger partial charge is 0.462 e. The van der Waals surface area contributed by atoms with Gasteiger partial charge in [-0.05, 0) is 13.3 Å². The number of pyridine rings is 1. The maximum Gasteiger partial charge on any atom is 0.326 e. The van der Waals surface area contributed by atoms with E-state index < -0.39 is 16.5 Å². The van der Waals surface area contributed by atoms with E-state index in [1.807, 2.05) is 6.92 Å². The first kappa shape index (κ1) is 16.8. The minimum Gasteiger partial charge on any atom is -0.462 e. The van der Waals surface area contributed by atoms with Crippen LogP contribution in [0.2, 0.25) is 0 Å². The smallest absolute Gasteiger partial charge is 0.326 e. The van der Waals surface area contributed by atoms with Crippen LogP contribution in [0.4, 0.5) is 5.69 Å². The molecule has 8 heteroatoms. The Balaban J connectivity index is 2.66. The summed E-state index contributed by atoms with van der Waals surface area (Å²) in [4.78, 5) is 33.5. The highest BCUT2D eigenvalue weighted by atomic mass is 16.6. The average Bonchev–Trinajstić information content (AvgIpc) is 2.42. The summed E-state index contributed by atoms with van der Waals surface area (Å²) in [5.41, 5.74) is -0.586.